The maximum atomic E-state index is 2.82. The minimum atomic E-state index is 0.525. The highest BCUT2D eigenvalue weighted by Gasteiger charge is 2.44. The van der Waals surface area contributed by atoms with E-state index in [1.807, 2.05) is 0 Å². The minimum absolute atomic E-state index is 0.525. The first-order chi connectivity index (χ1) is 10.3. The van der Waals surface area contributed by atoms with Crippen LogP contribution in [-0.2, 0) is 0 Å². The van der Waals surface area contributed by atoms with Crippen LogP contribution in [-0.4, -0.2) is 35.5 Å². The molecule has 2 fully saturated rings. The van der Waals surface area contributed by atoms with Crippen molar-refractivity contribution in [2.24, 2.45) is 11.8 Å². The molecule has 1 aliphatic carbocycles. The molecule has 2 aliphatic rings. The standard InChI is InChI=1S/C19H38BNS/c1-13(2)19(20)11-9-7-8-10-17-18(12-15(19)5)22-16(6)21(17)14(3)4/h13-18H,7-12,20H2,1-6H3. The lowest BCUT2D eigenvalue weighted by Gasteiger charge is -2.43. The van der Waals surface area contributed by atoms with Gasteiger partial charge in [0.25, 0.3) is 0 Å². The fraction of sp³-hybridized carbons (Fsp3) is 1.00. The van der Waals surface area contributed by atoms with Gasteiger partial charge in [0.2, 0.25) is 0 Å². The van der Waals surface area contributed by atoms with Gasteiger partial charge in [0.05, 0.1) is 5.37 Å². The zero-order valence-electron chi connectivity index (χ0n) is 16.1. The van der Waals surface area contributed by atoms with Crippen molar-refractivity contribution in [1.29, 1.82) is 0 Å². The number of thioether (sulfide) groups is 1. The van der Waals surface area contributed by atoms with Gasteiger partial charge in [0.1, 0.15) is 7.85 Å². The molecule has 2 rings (SSSR count). The molecule has 0 aromatic rings. The van der Waals surface area contributed by atoms with Gasteiger partial charge in [-0.2, -0.15) is 0 Å². The second kappa shape index (κ2) is 7.51. The predicted octanol–water partition coefficient (Wildman–Crippen LogP) is 4.96. The Labute approximate surface area is 144 Å². The summed E-state index contributed by atoms with van der Waals surface area (Å²) in [5.74, 6) is 1.63. The van der Waals surface area contributed by atoms with Crippen molar-refractivity contribution in [3.05, 3.63) is 0 Å². The number of fused-ring (bicyclic) bond motifs is 1. The van der Waals surface area contributed by atoms with Crippen LogP contribution in [0.3, 0.4) is 0 Å². The number of rotatable bonds is 2. The van der Waals surface area contributed by atoms with Gasteiger partial charge in [-0.3, -0.25) is 4.90 Å². The molecule has 5 atom stereocenters. The van der Waals surface area contributed by atoms with E-state index < -0.39 is 0 Å². The molecule has 1 heterocycles. The van der Waals surface area contributed by atoms with E-state index in [0.717, 1.165) is 23.1 Å². The molecule has 5 unspecified atom stereocenters. The van der Waals surface area contributed by atoms with Crippen molar-refractivity contribution in [1.82, 2.24) is 4.90 Å². The van der Waals surface area contributed by atoms with Crippen LogP contribution in [0, 0.1) is 11.8 Å². The highest BCUT2D eigenvalue weighted by atomic mass is 32.2. The number of hydrogen-bond acceptors (Lipinski definition) is 2. The summed E-state index contributed by atoms with van der Waals surface area (Å²) < 4.78 is 0. The molecule has 1 aliphatic heterocycles. The van der Waals surface area contributed by atoms with Crippen LogP contribution in [0.25, 0.3) is 0 Å². The normalized spacial score (nSPS) is 41.8. The Bertz CT molecular complexity index is 359. The van der Waals surface area contributed by atoms with E-state index in [1.165, 1.54) is 38.5 Å². The zero-order valence-corrected chi connectivity index (χ0v) is 16.9. The van der Waals surface area contributed by atoms with Crippen molar-refractivity contribution < 1.29 is 0 Å². The van der Waals surface area contributed by atoms with Crippen molar-refractivity contribution >= 4 is 19.6 Å². The van der Waals surface area contributed by atoms with E-state index in [2.05, 4.69) is 66.1 Å². The van der Waals surface area contributed by atoms with Crippen LogP contribution in [0.4, 0.5) is 0 Å². The van der Waals surface area contributed by atoms with Crippen LogP contribution in [0.15, 0.2) is 0 Å². The molecule has 0 aromatic heterocycles. The van der Waals surface area contributed by atoms with Crippen LogP contribution in [0.1, 0.15) is 80.1 Å². The SMILES string of the molecule is BC1(C(C)C)CCCCCC2C(CC1C)SC(C)N2C(C)C. The summed E-state index contributed by atoms with van der Waals surface area (Å²) in [6, 6.07) is 1.50. The van der Waals surface area contributed by atoms with Crippen LogP contribution in [0.2, 0.25) is 5.31 Å². The molecule has 0 bridgehead atoms. The van der Waals surface area contributed by atoms with Gasteiger partial charge in [-0.05, 0) is 45.4 Å². The van der Waals surface area contributed by atoms with Crippen molar-refractivity contribution in [3.8, 4) is 0 Å². The molecule has 1 saturated heterocycles. The highest BCUT2D eigenvalue weighted by Crippen LogP contribution is 2.51. The first kappa shape index (κ1) is 18.7. The second-order valence-electron chi connectivity index (χ2n) is 8.78. The molecular formula is C19H38BNS. The van der Waals surface area contributed by atoms with E-state index >= 15 is 0 Å². The molecule has 0 amide bonds. The highest BCUT2D eigenvalue weighted by molar-refractivity contribution is 8.00. The second-order valence-corrected chi connectivity index (χ2v) is 10.3. The molecule has 0 aromatic carbocycles. The maximum absolute atomic E-state index is 2.82. The Morgan fingerprint density at radius 2 is 1.77 bits per heavy atom. The third-order valence-corrected chi connectivity index (χ3v) is 8.44. The lowest BCUT2D eigenvalue weighted by molar-refractivity contribution is 0.135. The topological polar surface area (TPSA) is 3.24 Å². The third-order valence-electron chi connectivity index (χ3n) is 6.95. The summed E-state index contributed by atoms with van der Waals surface area (Å²) in [4.78, 5) is 2.82. The molecular weight excluding hydrogens is 285 g/mol. The Balaban J connectivity index is 2.20. The van der Waals surface area contributed by atoms with E-state index in [4.69, 9.17) is 0 Å². The average Bonchev–Trinajstić information content (AvgIpc) is 2.73. The predicted molar refractivity (Wildman–Crippen MR) is 105 cm³/mol. The first-order valence-corrected chi connectivity index (χ1v) is 10.6. The van der Waals surface area contributed by atoms with Gasteiger partial charge in [-0.25, -0.2) is 0 Å². The lowest BCUT2D eigenvalue weighted by Crippen LogP contribution is -2.43. The minimum Gasteiger partial charge on any atom is -0.285 e. The molecule has 3 heteroatoms. The van der Waals surface area contributed by atoms with Gasteiger partial charge in [-0.15, -0.1) is 11.8 Å². The Hall–Kier alpha value is 0.375. The summed E-state index contributed by atoms with van der Waals surface area (Å²) in [7, 11) is 2.57. The van der Waals surface area contributed by atoms with Crippen LogP contribution >= 0.6 is 11.8 Å². The largest absolute Gasteiger partial charge is 0.285 e. The van der Waals surface area contributed by atoms with E-state index in [1.54, 1.807) is 0 Å². The van der Waals surface area contributed by atoms with Crippen molar-refractivity contribution in [2.45, 2.75) is 108 Å². The fourth-order valence-corrected chi connectivity index (χ4v) is 6.89. The molecule has 0 spiro atoms. The quantitative estimate of drug-likeness (QED) is 0.660. The lowest BCUT2D eigenvalue weighted by atomic mass is 9.52. The zero-order chi connectivity index (χ0) is 16.5. The van der Waals surface area contributed by atoms with Gasteiger partial charge in [0, 0.05) is 17.3 Å². The Morgan fingerprint density at radius 3 is 2.36 bits per heavy atom. The molecule has 0 radical (unpaired) electrons. The van der Waals surface area contributed by atoms with Gasteiger partial charge in [-0.1, -0.05) is 51.8 Å². The summed E-state index contributed by atoms with van der Waals surface area (Å²) in [6.45, 7) is 14.7. The van der Waals surface area contributed by atoms with Crippen molar-refractivity contribution in [2.75, 3.05) is 0 Å². The smallest absolute Gasteiger partial charge is 0.110 e. The molecule has 128 valence electrons. The van der Waals surface area contributed by atoms with E-state index in [9.17, 15) is 0 Å². The summed E-state index contributed by atoms with van der Waals surface area (Å²) in [5.41, 5.74) is 0. The van der Waals surface area contributed by atoms with Gasteiger partial charge < -0.3 is 0 Å². The monoisotopic (exact) mass is 323 g/mol. The van der Waals surface area contributed by atoms with E-state index in [0.29, 0.717) is 16.7 Å². The average molecular weight is 323 g/mol. The molecule has 22 heavy (non-hydrogen) atoms. The molecule has 1 nitrogen and oxygen atoms in total. The third kappa shape index (κ3) is 3.71. The Morgan fingerprint density at radius 1 is 1.09 bits per heavy atom. The van der Waals surface area contributed by atoms with E-state index in [-0.39, 0.29) is 0 Å². The molecule has 1 saturated carbocycles. The van der Waals surface area contributed by atoms with Gasteiger partial charge in [0.15, 0.2) is 0 Å². The summed E-state index contributed by atoms with van der Waals surface area (Å²) >= 11 is 2.27. The van der Waals surface area contributed by atoms with Crippen LogP contribution < -0.4 is 0 Å². The van der Waals surface area contributed by atoms with Crippen molar-refractivity contribution in [3.63, 3.8) is 0 Å². The number of nitrogens with zero attached hydrogens (tertiary/aromatic N) is 1. The fourth-order valence-electron chi connectivity index (χ4n) is 4.98. The maximum Gasteiger partial charge on any atom is 0.110 e. The number of hydrogen-bond donors (Lipinski definition) is 0. The molecule has 0 N–H and O–H groups in total. The Kier molecular flexibility index (Phi) is 6.39. The van der Waals surface area contributed by atoms with Crippen LogP contribution in [0.5, 0.6) is 0 Å². The summed E-state index contributed by atoms with van der Waals surface area (Å²) in [5, 5.41) is 2.08. The van der Waals surface area contributed by atoms with Gasteiger partial charge >= 0.3 is 0 Å². The summed E-state index contributed by atoms with van der Waals surface area (Å²) in [6.07, 6.45) is 8.56. The first-order valence-electron chi connectivity index (χ1n) is 9.70.